The van der Waals surface area contributed by atoms with Crippen molar-refractivity contribution in [2.45, 2.75) is 32.7 Å². The number of carbonyl (C=O) groups excluding carboxylic acids is 1. The number of amides is 1. The van der Waals surface area contributed by atoms with Gasteiger partial charge in [-0.05, 0) is 51.0 Å². The number of nitrogens with two attached hydrogens (primary N) is 1. The van der Waals surface area contributed by atoms with E-state index in [2.05, 4.69) is 5.32 Å². The molecule has 1 fully saturated rings. The van der Waals surface area contributed by atoms with Crippen LogP contribution in [0, 0.1) is 12.3 Å². The Bertz CT molecular complexity index is 788. The van der Waals surface area contributed by atoms with Crippen LogP contribution in [-0.4, -0.2) is 37.8 Å². The van der Waals surface area contributed by atoms with Crippen LogP contribution in [0.2, 0.25) is 0 Å². The summed E-state index contributed by atoms with van der Waals surface area (Å²) in [6.07, 6.45) is 1.33. The Kier molecular flexibility index (Phi) is 7.83. The Morgan fingerprint density at radius 2 is 2.00 bits per heavy atom. The molecule has 0 aliphatic carbocycles. The lowest BCUT2D eigenvalue weighted by atomic mass is 9.79. The lowest BCUT2D eigenvalue weighted by Crippen LogP contribution is -2.49. The third kappa shape index (κ3) is 4.66. The molecule has 1 saturated heterocycles. The molecule has 28 heavy (non-hydrogen) atoms. The maximum absolute atomic E-state index is 12.9. The first-order valence-corrected chi connectivity index (χ1v) is 10.0. The quantitative estimate of drug-likeness (QED) is 0.739. The molecule has 1 aliphatic heterocycles. The molecule has 6 nitrogen and oxygen atoms in total. The fourth-order valence-electron chi connectivity index (χ4n) is 3.37. The average molecular weight is 426 g/mol. The normalized spacial score (nSPS) is 16.7. The van der Waals surface area contributed by atoms with Crippen LogP contribution in [0.25, 0.3) is 10.6 Å². The average Bonchev–Trinajstić information content (AvgIpc) is 3.10. The number of nitrogens with one attached hydrogen (secondary N) is 1. The van der Waals surface area contributed by atoms with Gasteiger partial charge in [0.15, 0.2) is 0 Å². The Morgan fingerprint density at radius 3 is 2.57 bits per heavy atom. The molecule has 1 aromatic carbocycles. The molecule has 3 rings (SSSR count). The molecule has 1 unspecified atom stereocenters. The summed E-state index contributed by atoms with van der Waals surface area (Å²) in [7, 11) is 1.65. The highest BCUT2D eigenvalue weighted by Crippen LogP contribution is 2.34. The molecule has 1 aliphatic rings. The second-order valence-electron chi connectivity index (χ2n) is 6.99. The number of aromatic nitrogens is 1. The zero-order valence-corrected chi connectivity index (χ0v) is 18.1. The number of benzene rings is 1. The topological polar surface area (TPSA) is 86.5 Å². The van der Waals surface area contributed by atoms with Crippen molar-refractivity contribution in [2.75, 3.05) is 26.9 Å². The van der Waals surface area contributed by atoms with E-state index >= 15 is 0 Å². The van der Waals surface area contributed by atoms with Gasteiger partial charge < -0.3 is 20.5 Å². The van der Waals surface area contributed by atoms with Crippen molar-refractivity contribution in [3.05, 3.63) is 34.8 Å². The summed E-state index contributed by atoms with van der Waals surface area (Å²) in [6, 6.07) is 7.72. The number of methoxy groups -OCH3 is 1. The first-order valence-electron chi connectivity index (χ1n) is 9.19. The molecule has 8 heteroatoms. The van der Waals surface area contributed by atoms with Crippen molar-refractivity contribution in [3.8, 4) is 16.3 Å². The van der Waals surface area contributed by atoms with Crippen molar-refractivity contribution in [2.24, 2.45) is 11.1 Å². The third-order valence-corrected chi connectivity index (χ3v) is 6.62. The standard InChI is InChI=1S/C20H27N3O3S.ClH/c1-13-17(27-18(22-13)15-4-6-16(25-3)7-5-15)14(2)23-19(24)20(12-21)8-10-26-11-9-20;/h4-7,14H,8-12,21H2,1-3H3,(H,23,24);1H. The molecule has 0 spiro atoms. The van der Waals surface area contributed by atoms with Gasteiger partial charge in [0.2, 0.25) is 5.91 Å². The van der Waals surface area contributed by atoms with E-state index in [1.165, 1.54) is 0 Å². The lowest BCUT2D eigenvalue weighted by Gasteiger charge is -2.35. The fraction of sp³-hybridized carbons (Fsp3) is 0.500. The van der Waals surface area contributed by atoms with E-state index in [0.29, 0.717) is 32.6 Å². The molecule has 1 aromatic heterocycles. The molecule has 0 radical (unpaired) electrons. The molecule has 0 saturated carbocycles. The minimum absolute atomic E-state index is 0. The van der Waals surface area contributed by atoms with Gasteiger partial charge in [0.25, 0.3) is 0 Å². The number of nitrogens with zero attached hydrogens (tertiary/aromatic N) is 1. The smallest absolute Gasteiger partial charge is 0.228 e. The number of hydrogen-bond donors (Lipinski definition) is 2. The van der Waals surface area contributed by atoms with Crippen molar-refractivity contribution in [1.29, 1.82) is 0 Å². The molecule has 1 atom stereocenters. The Morgan fingerprint density at radius 1 is 1.36 bits per heavy atom. The Balaban J connectivity index is 0.00000280. The lowest BCUT2D eigenvalue weighted by molar-refractivity contribution is -0.136. The van der Waals surface area contributed by atoms with Gasteiger partial charge in [-0.25, -0.2) is 4.98 Å². The summed E-state index contributed by atoms with van der Waals surface area (Å²) in [5.41, 5.74) is 7.40. The van der Waals surface area contributed by atoms with Gasteiger partial charge in [-0.3, -0.25) is 4.79 Å². The number of rotatable bonds is 6. The van der Waals surface area contributed by atoms with Crippen LogP contribution in [-0.2, 0) is 9.53 Å². The second kappa shape index (κ2) is 9.69. The summed E-state index contributed by atoms with van der Waals surface area (Å²) in [5, 5.41) is 4.09. The number of hydrogen-bond acceptors (Lipinski definition) is 6. The second-order valence-corrected chi connectivity index (χ2v) is 8.02. The van der Waals surface area contributed by atoms with Crippen LogP contribution in [0.1, 0.15) is 36.4 Å². The summed E-state index contributed by atoms with van der Waals surface area (Å²) >= 11 is 1.61. The van der Waals surface area contributed by atoms with Gasteiger partial charge in [-0.2, -0.15) is 0 Å². The monoisotopic (exact) mass is 425 g/mol. The minimum atomic E-state index is -0.524. The molecule has 2 aromatic rings. The Hall–Kier alpha value is -1.67. The van der Waals surface area contributed by atoms with Gasteiger partial charge in [0.05, 0.1) is 29.1 Å². The van der Waals surface area contributed by atoms with Crippen LogP contribution >= 0.6 is 23.7 Å². The van der Waals surface area contributed by atoms with Gasteiger partial charge >= 0.3 is 0 Å². The van der Waals surface area contributed by atoms with Gasteiger partial charge in [0.1, 0.15) is 10.8 Å². The van der Waals surface area contributed by atoms with E-state index in [1.807, 2.05) is 38.1 Å². The summed E-state index contributed by atoms with van der Waals surface area (Å²) in [4.78, 5) is 18.7. The predicted octanol–water partition coefficient (Wildman–Crippen LogP) is 3.48. The molecule has 1 amide bonds. The highest BCUT2D eigenvalue weighted by molar-refractivity contribution is 7.15. The fourth-order valence-corrected chi connectivity index (χ4v) is 4.44. The van der Waals surface area contributed by atoms with Gasteiger partial charge in [0, 0.05) is 25.3 Å². The van der Waals surface area contributed by atoms with E-state index in [4.69, 9.17) is 20.2 Å². The highest BCUT2D eigenvalue weighted by atomic mass is 35.5. The van der Waals surface area contributed by atoms with Crippen LogP contribution in [0.4, 0.5) is 0 Å². The number of carbonyl (C=O) groups is 1. The maximum atomic E-state index is 12.9. The largest absolute Gasteiger partial charge is 0.497 e. The summed E-state index contributed by atoms with van der Waals surface area (Å²) in [6.45, 7) is 5.49. The van der Waals surface area contributed by atoms with E-state index in [-0.39, 0.29) is 24.4 Å². The SMILES string of the molecule is COc1ccc(-c2nc(C)c(C(C)NC(=O)C3(CN)CCOCC3)s2)cc1.Cl. The zero-order valence-electron chi connectivity index (χ0n) is 16.5. The van der Waals surface area contributed by atoms with E-state index in [0.717, 1.165) is 26.9 Å². The number of halogens is 1. The van der Waals surface area contributed by atoms with E-state index in [1.54, 1.807) is 18.4 Å². The molecular formula is C20H28ClN3O3S. The van der Waals surface area contributed by atoms with Crippen molar-refractivity contribution >= 4 is 29.7 Å². The zero-order chi connectivity index (χ0) is 19.4. The van der Waals surface area contributed by atoms with Gasteiger partial charge in [-0.15, -0.1) is 23.7 Å². The van der Waals surface area contributed by atoms with E-state index < -0.39 is 5.41 Å². The van der Waals surface area contributed by atoms with Crippen LogP contribution in [0.15, 0.2) is 24.3 Å². The molecule has 154 valence electrons. The van der Waals surface area contributed by atoms with Crippen molar-refractivity contribution in [1.82, 2.24) is 10.3 Å². The molecule has 2 heterocycles. The van der Waals surface area contributed by atoms with Crippen LogP contribution in [0.5, 0.6) is 5.75 Å². The van der Waals surface area contributed by atoms with Crippen LogP contribution < -0.4 is 15.8 Å². The summed E-state index contributed by atoms with van der Waals surface area (Å²) in [5.74, 6) is 0.830. The van der Waals surface area contributed by atoms with Gasteiger partial charge in [-0.1, -0.05) is 0 Å². The molecular weight excluding hydrogens is 398 g/mol. The van der Waals surface area contributed by atoms with Crippen molar-refractivity contribution in [3.63, 3.8) is 0 Å². The highest BCUT2D eigenvalue weighted by Gasteiger charge is 2.39. The number of ether oxygens (including phenoxy) is 2. The van der Waals surface area contributed by atoms with E-state index in [9.17, 15) is 4.79 Å². The maximum Gasteiger partial charge on any atom is 0.228 e. The first kappa shape index (κ1) is 22.6. The predicted molar refractivity (Wildman–Crippen MR) is 114 cm³/mol. The third-order valence-electron chi connectivity index (χ3n) is 5.23. The minimum Gasteiger partial charge on any atom is -0.497 e. The first-order chi connectivity index (χ1) is 13.0. The molecule has 0 bridgehead atoms. The number of aryl methyl sites for hydroxylation is 1. The molecule has 3 N–H and O–H groups in total. The Labute approximate surface area is 176 Å². The number of thiazole rings is 1. The van der Waals surface area contributed by atoms with Crippen molar-refractivity contribution < 1.29 is 14.3 Å². The van der Waals surface area contributed by atoms with Crippen LogP contribution in [0.3, 0.4) is 0 Å². The summed E-state index contributed by atoms with van der Waals surface area (Å²) < 4.78 is 10.6.